The molecule has 0 amide bonds. The second kappa shape index (κ2) is 11.4. The summed E-state index contributed by atoms with van der Waals surface area (Å²) < 4.78 is 12.6. The quantitative estimate of drug-likeness (QED) is 0.667. The van der Waals surface area contributed by atoms with Gasteiger partial charge in [0.25, 0.3) is 0 Å². The third kappa shape index (κ3) is 6.52. The van der Waals surface area contributed by atoms with E-state index in [1.54, 1.807) is 6.08 Å². The molecule has 1 aliphatic carbocycles. The maximum Gasteiger partial charge on any atom is 0.105 e. The molecule has 0 atom stereocenters. The molecule has 0 unspecified atom stereocenters. The molecule has 0 aromatic heterocycles. The molecule has 0 aromatic carbocycles. The third-order valence-corrected chi connectivity index (χ3v) is 1.42. The van der Waals surface area contributed by atoms with Crippen LogP contribution in [0.15, 0.2) is 23.6 Å². The first-order valence-corrected chi connectivity index (χ1v) is 5.08. The average Bonchev–Trinajstić information content (AvgIpc) is 2.24. The van der Waals surface area contributed by atoms with Crippen LogP contribution in [0.3, 0.4) is 0 Å². The lowest BCUT2D eigenvalue weighted by Crippen LogP contribution is -2.04. The van der Waals surface area contributed by atoms with Crippen molar-refractivity contribution in [1.29, 1.82) is 0 Å². The number of halogens is 1. The molecule has 2 heteroatoms. The molecule has 2 N–H and O–H groups in total. The highest BCUT2D eigenvalue weighted by atomic mass is 19.1. The number of rotatable bonds is 1. The maximum atomic E-state index is 12.6. The van der Waals surface area contributed by atoms with Gasteiger partial charge in [-0.05, 0) is 12.0 Å². The Bertz CT molecular complexity index is 159. The Morgan fingerprint density at radius 1 is 1.31 bits per heavy atom. The molecule has 0 bridgehead atoms. The second-order valence-electron chi connectivity index (χ2n) is 2.08. The molecule has 13 heavy (non-hydrogen) atoms. The van der Waals surface area contributed by atoms with Gasteiger partial charge in [-0.2, -0.15) is 0 Å². The number of allylic oxidation sites excluding steroid dienone is 2. The Labute approximate surface area is 81.5 Å². The monoisotopic (exact) mass is 187 g/mol. The van der Waals surface area contributed by atoms with Crippen molar-refractivity contribution in [2.75, 3.05) is 6.54 Å². The zero-order chi connectivity index (χ0) is 10.7. The summed E-state index contributed by atoms with van der Waals surface area (Å²) in [6.07, 6.45) is 5.06. The van der Waals surface area contributed by atoms with Crippen LogP contribution in [-0.2, 0) is 0 Å². The molecule has 1 rings (SSSR count). The van der Waals surface area contributed by atoms with E-state index >= 15 is 0 Å². The fourth-order valence-corrected chi connectivity index (χ4v) is 0.865. The molecule has 0 spiro atoms. The van der Waals surface area contributed by atoms with E-state index in [0.29, 0.717) is 18.5 Å². The van der Waals surface area contributed by atoms with Crippen molar-refractivity contribution in [3.05, 3.63) is 23.6 Å². The number of hydrogen-bond acceptors (Lipinski definition) is 1. The maximum absolute atomic E-state index is 12.6. The minimum absolute atomic E-state index is 0.0417. The molecular formula is C11H22FN. The highest BCUT2D eigenvalue weighted by Crippen LogP contribution is 2.18. The Morgan fingerprint density at radius 2 is 1.85 bits per heavy atom. The van der Waals surface area contributed by atoms with Crippen molar-refractivity contribution in [3.8, 4) is 0 Å². The molecule has 0 saturated carbocycles. The van der Waals surface area contributed by atoms with Gasteiger partial charge < -0.3 is 5.73 Å². The van der Waals surface area contributed by atoms with Crippen LogP contribution in [0.2, 0.25) is 0 Å². The Kier molecular flexibility index (Phi) is 13.0. The third-order valence-electron chi connectivity index (χ3n) is 1.42. The van der Waals surface area contributed by atoms with Crippen molar-refractivity contribution in [2.45, 2.75) is 40.5 Å². The van der Waals surface area contributed by atoms with E-state index in [0.717, 1.165) is 6.42 Å². The van der Waals surface area contributed by atoms with Crippen LogP contribution in [0.4, 0.5) is 4.39 Å². The fourth-order valence-electron chi connectivity index (χ4n) is 0.865. The first kappa shape index (κ1) is 14.9. The van der Waals surface area contributed by atoms with E-state index in [2.05, 4.69) is 0 Å². The zero-order valence-electron chi connectivity index (χ0n) is 9.23. The van der Waals surface area contributed by atoms with Crippen molar-refractivity contribution < 1.29 is 4.39 Å². The summed E-state index contributed by atoms with van der Waals surface area (Å²) in [6.45, 7) is 8.32. The smallest absolute Gasteiger partial charge is 0.105 e. The highest BCUT2D eigenvalue weighted by molar-refractivity contribution is 5.26. The van der Waals surface area contributed by atoms with Gasteiger partial charge in [0.15, 0.2) is 0 Å². The standard InChI is InChI=1S/C7H10FN.2C2H6/c8-7-4-2-1-3-6(7)5-9;2*1-2/h1,3H,2,4-5,9H2;2*1-2H3. The largest absolute Gasteiger partial charge is 0.326 e. The summed E-state index contributed by atoms with van der Waals surface area (Å²) in [5.41, 5.74) is 5.90. The molecule has 0 aliphatic heterocycles. The SMILES string of the molecule is CC.CC.NCC1=C(F)CCC=C1. The number of nitrogens with two attached hydrogens (primary N) is 1. The van der Waals surface area contributed by atoms with Crippen molar-refractivity contribution in [2.24, 2.45) is 5.73 Å². The van der Waals surface area contributed by atoms with Gasteiger partial charge in [0.05, 0.1) is 0 Å². The van der Waals surface area contributed by atoms with Gasteiger partial charge in [-0.1, -0.05) is 39.8 Å². The summed E-state index contributed by atoms with van der Waals surface area (Å²) in [7, 11) is 0. The van der Waals surface area contributed by atoms with E-state index in [9.17, 15) is 4.39 Å². The normalized spacial score (nSPS) is 14.0. The van der Waals surface area contributed by atoms with Gasteiger partial charge >= 0.3 is 0 Å². The Morgan fingerprint density at radius 3 is 2.15 bits per heavy atom. The van der Waals surface area contributed by atoms with E-state index in [-0.39, 0.29) is 5.83 Å². The molecule has 1 nitrogen and oxygen atoms in total. The van der Waals surface area contributed by atoms with Crippen molar-refractivity contribution in [1.82, 2.24) is 0 Å². The molecule has 0 aromatic rings. The van der Waals surface area contributed by atoms with Crippen molar-refractivity contribution >= 4 is 0 Å². The van der Waals surface area contributed by atoms with Crippen LogP contribution in [-0.4, -0.2) is 6.54 Å². The molecule has 0 fully saturated rings. The summed E-state index contributed by atoms with van der Waals surface area (Å²) in [5.74, 6) is -0.0417. The van der Waals surface area contributed by atoms with Crippen LogP contribution >= 0.6 is 0 Å². The summed E-state index contributed by atoms with van der Waals surface area (Å²) in [5, 5.41) is 0. The lowest BCUT2D eigenvalue weighted by Gasteiger charge is -2.05. The molecule has 78 valence electrons. The fraction of sp³-hybridized carbons (Fsp3) is 0.636. The van der Waals surface area contributed by atoms with Gasteiger partial charge in [0.1, 0.15) is 5.83 Å². The molecular weight excluding hydrogens is 165 g/mol. The van der Waals surface area contributed by atoms with Crippen LogP contribution in [0.1, 0.15) is 40.5 Å². The Hall–Kier alpha value is -0.630. The highest BCUT2D eigenvalue weighted by Gasteiger charge is 2.04. The summed E-state index contributed by atoms with van der Waals surface area (Å²) in [4.78, 5) is 0. The first-order chi connectivity index (χ1) is 6.34. The molecule has 0 radical (unpaired) electrons. The van der Waals surface area contributed by atoms with Crippen LogP contribution in [0.25, 0.3) is 0 Å². The molecule has 0 saturated heterocycles. The average molecular weight is 187 g/mol. The summed E-state index contributed by atoms with van der Waals surface area (Å²) >= 11 is 0. The predicted molar refractivity (Wildman–Crippen MR) is 58.3 cm³/mol. The van der Waals surface area contributed by atoms with E-state index < -0.39 is 0 Å². The van der Waals surface area contributed by atoms with Crippen LogP contribution in [0, 0.1) is 0 Å². The second-order valence-corrected chi connectivity index (χ2v) is 2.08. The van der Waals surface area contributed by atoms with Gasteiger partial charge in [0.2, 0.25) is 0 Å². The van der Waals surface area contributed by atoms with Gasteiger partial charge in [0, 0.05) is 13.0 Å². The molecule has 1 aliphatic rings. The number of hydrogen-bond donors (Lipinski definition) is 1. The van der Waals surface area contributed by atoms with E-state index in [1.165, 1.54) is 0 Å². The van der Waals surface area contributed by atoms with Crippen LogP contribution < -0.4 is 5.73 Å². The van der Waals surface area contributed by atoms with Crippen molar-refractivity contribution in [3.63, 3.8) is 0 Å². The van der Waals surface area contributed by atoms with E-state index in [1.807, 2.05) is 33.8 Å². The topological polar surface area (TPSA) is 26.0 Å². The minimum atomic E-state index is -0.0417. The Balaban J connectivity index is 0. The molecule has 0 heterocycles. The van der Waals surface area contributed by atoms with Gasteiger partial charge in [-0.3, -0.25) is 0 Å². The summed E-state index contributed by atoms with van der Waals surface area (Å²) in [6, 6.07) is 0. The van der Waals surface area contributed by atoms with Crippen LogP contribution in [0.5, 0.6) is 0 Å². The van der Waals surface area contributed by atoms with Gasteiger partial charge in [-0.15, -0.1) is 0 Å². The lowest BCUT2D eigenvalue weighted by atomic mass is 10.1. The first-order valence-electron chi connectivity index (χ1n) is 5.08. The van der Waals surface area contributed by atoms with E-state index in [4.69, 9.17) is 5.73 Å². The lowest BCUT2D eigenvalue weighted by molar-refractivity contribution is 0.575. The van der Waals surface area contributed by atoms with Gasteiger partial charge in [-0.25, -0.2) is 4.39 Å². The minimum Gasteiger partial charge on any atom is -0.326 e. The predicted octanol–water partition coefficient (Wildman–Crippen LogP) is 3.57. The zero-order valence-corrected chi connectivity index (χ0v) is 9.23.